The molecule has 14 nitrogen and oxygen atoms in total. The van der Waals surface area contributed by atoms with Gasteiger partial charge in [-0.3, -0.25) is 14.6 Å². The van der Waals surface area contributed by atoms with E-state index >= 15 is 0 Å². The molecule has 0 aliphatic carbocycles. The van der Waals surface area contributed by atoms with Crippen LogP contribution in [0.25, 0.3) is 0 Å². The summed E-state index contributed by atoms with van der Waals surface area (Å²) in [6.45, 7) is 12.2. The van der Waals surface area contributed by atoms with Crippen LogP contribution in [0.5, 0.6) is 0 Å². The molecule has 1 amide bonds. The van der Waals surface area contributed by atoms with E-state index in [1.807, 2.05) is 6.92 Å². The summed E-state index contributed by atoms with van der Waals surface area (Å²) in [5.41, 5.74) is 2.41. The number of carboxylic acids is 2. The molecule has 0 radical (unpaired) electrons. The maximum absolute atomic E-state index is 12.5. The van der Waals surface area contributed by atoms with Gasteiger partial charge in [-0.1, -0.05) is 11.6 Å². The third kappa shape index (κ3) is 15.6. The first kappa shape index (κ1) is 37.7. The molecule has 3 heterocycles. The van der Waals surface area contributed by atoms with Crippen molar-refractivity contribution in [1.82, 2.24) is 19.8 Å². The minimum Gasteiger partial charge on any atom is -0.477 e. The number of aromatic carboxylic acids is 2. The predicted molar refractivity (Wildman–Crippen MR) is 174 cm³/mol. The van der Waals surface area contributed by atoms with E-state index in [-0.39, 0.29) is 17.3 Å². The predicted octanol–water partition coefficient (Wildman–Crippen LogP) is 2.94. The van der Waals surface area contributed by atoms with Gasteiger partial charge >= 0.3 is 11.9 Å². The molecule has 258 valence electrons. The molecule has 0 bridgehead atoms. The molecule has 1 saturated heterocycles. The number of aromatic nitrogens is 2. The van der Waals surface area contributed by atoms with Gasteiger partial charge in [-0.15, -0.1) is 6.58 Å². The number of carbonyl (C=O) groups is 3. The van der Waals surface area contributed by atoms with Gasteiger partial charge < -0.3 is 34.5 Å². The normalized spacial score (nSPS) is 16.9. The molecular formula is C33H47N5O9. The summed E-state index contributed by atoms with van der Waals surface area (Å²) in [5, 5.41) is 21.7. The maximum Gasteiger partial charge on any atom is 0.354 e. The monoisotopic (exact) mass is 657 g/mol. The van der Waals surface area contributed by atoms with Gasteiger partial charge in [0.05, 0.1) is 64.2 Å². The number of anilines is 1. The van der Waals surface area contributed by atoms with E-state index in [0.29, 0.717) is 122 Å². The van der Waals surface area contributed by atoms with Crippen LogP contribution < -0.4 is 5.32 Å². The van der Waals surface area contributed by atoms with Crippen molar-refractivity contribution in [3.05, 3.63) is 65.3 Å². The summed E-state index contributed by atoms with van der Waals surface area (Å²) in [6, 6.07) is 8.01. The van der Waals surface area contributed by atoms with Gasteiger partial charge in [0.15, 0.2) is 5.69 Å². The van der Waals surface area contributed by atoms with E-state index in [2.05, 4.69) is 31.7 Å². The fourth-order valence-electron chi connectivity index (χ4n) is 4.73. The van der Waals surface area contributed by atoms with E-state index in [9.17, 15) is 24.6 Å². The first-order chi connectivity index (χ1) is 22.7. The molecule has 0 saturated carbocycles. The largest absolute Gasteiger partial charge is 0.477 e. The van der Waals surface area contributed by atoms with Crippen LogP contribution in [0.3, 0.4) is 0 Å². The number of carboxylic acid groups (broad SMARTS) is 2. The molecule has 47 heavy (non-hydrogen) atoms. The van der Waals surface area contributed by atoms with Crippen LogP contribution in [0, 0.1) is 0 Å². The average molecular weight is 658 g/mol. The summed E-state index contributed by atoms with van der Waals surface area (Å²) >= 11 is 0. The summed E-state index contributed by atoms with van der Waals surface area (Å²) in [5.74, 6) is -2.44. The van der Waals surface area contributed by atoms with Crippen molar-refractivity contribution in [2.45, 2.75) is 39.3 Å². The Bertz CT molecular complexity index is 1290. The van der Waals surface area contributed by atoms with Crippen molar-refractivity contribution in [2.24, 2.45) is 0 Å². The zero-order valence-corrected chi connectivity index (χ0v) is 27.2. The first-order valence-electron chi connectivity index (χ1n) is 15.8. The topological polar surface area (TPSA) is 173 Å². The average Bonchev–Trinajstić information content (AvgIpc) is 3.02. The number of amides is 1. The number of pyridine rings is 2. The molecule has 2 aromatic heterocycles. The molecule has 2 aromatic rings. The quantitative estimate of drug-likeness (QED) is 0.302. The lowest BCUT2D eigenvalue weighted by molar-refractivity contribution is -0.116. The molecular weight excluding hydrogens is 610 g/mol. The highest BCUT2D eigenvalue weighted by Gasteiger charge is 2.15. The van der Waals surface area contributed by atoms with Crippen molar-refractivity contribution in [3.63, 3.8) is 0 Å². The Morgan fingerprint density at radius 3 is 1.77 bits per heavy atom. The Kier molecular flexibility index (Phi) is 17.0. The van der Waals surface area contributed by atoms with E-state index in [1.54, 1.807) is 18.2 Å². The zero-order valence-electron chi connectivity index (χ0n) is 27.2. The number of carbonyl (C=O) groups excluding carboxylic acids is 1. The molecule has 1 aliphatic heterocycles. The first-order valence-corrected chi connectivity index (χ1v) is 15.8. The summed E-state index contributed by atoms with van der Waals surface area (Å²) < 4.78 is 23.2. The molecule has 0 atom stereocenters. The lowest BCUT2D eigenvalue weighted by Gasteiger charge is -2.23. The van der Waals surface area contributed by atoms with Gasteiger partial charge in [-0.25, -0.2) is 19.6 Å². The number of hydrogen-bond acceptors (Lipinski definition) is 11. The number of ether oxygens (including phenoxy) is 4. The molecule has 1 fully saturated rings. The number of nitrogens with one attached hydrogen (secondary N) is 1. The molecule has 14 heteroatoms. The number of nitrogens with zero attached hydrogens (tertiary/aromatic N) is 4. The van der Waals surface area contributed by atoms with Crippen LogP contribution in [0.2, 0.25) is 0 Å². The number of allylic oxidation sites excluding steroid dienone is 1. The van der Waals surface area contributed by atoms with E-state index in [1.165, 1.54) is 12.1 Å². The van der Waals surface area contributed by atoms with Crippen LogP contribution in [0.1, 0.15) is 58.6 Å². The smallest absolute Gasteiger partial charge is 0.354 e. The fourth-order valence-corrected chi connectivity index (χ4v) is 4.73. The standard InChI is InChI=1S/C33H47N5O9/c1-25(2)5-3-8-31(39)36-27-21-28(35-30(22-27)33(42)43)24-38-11-15-46-19-17-44-13-9-37(10-14-45-18-20-47-16-12-38)23-26-6-4-7-29(34-26)32(40)41/h4,6-7,21-22H,1,3,5,8-20,23-24H2,2H3,(H,40,41)(H,42,43)(H,35,36,39). The van der Waals surface area contributed by atoms with Gasteiger partial charge in [0.2, 0.25) is 5.91 Å². The zero-order chi connectivity index (χ0) is 33.9. The molecule has 0 unspecified atom stereocenters. The second kappa shape index (κ2) is 21.2. The highest BCUT2D eigenvalue weighted by Crippen LogP contribution is 2.15. The maximum atomic E-state index is 12.5. The number of hydrogen-bond donors (Lipinski definition) is 3. The van der Waals surface area contributed by atoms with Crippen LogP contribution in [0.4, 0.5) is 5.69 Å². The van der Waals surface area contributed by atoms with Crippen molar-refractivity contribution in [3.8, 4) is 0 Å². The second-order valence-corrected chi connectivity index (χ2v) is 11.2. The molecule has 3 N–H and O–H groups in total. The van der Waals surface area contributed by atoms with E-state index < -0.39 is 11.9 Å². The van der Waals surface area contributed by atoms with Gasteiger partial charge in [0.1, 0.15) is 5.69 Å². The fraction of sp³-hybridized carbons (Fsp3) is 0.545. The summed E-state index contributed by atoms with van der Waals surface area (Å²) in [7, 11) is 0. The van der Waals surface area contributed by atoms with Gasteiger partial charge in [0, 0.05) is 51.4 Å². The third-order valence-electron chi connectivity index (χ3n) is 7.14. The minimum atomic E-state index is -1.18. The third-order valence-corrected chi connectivity index (χ3v) is 7.14. The Labute approximate surface area is 275 Å². The van der Waals surface area contributed by atoms with E-state index in [4.69, 9.17) is 18.9 Å². The highest BCUT2D eigenvalue weighted by molar-refractivity contribution is 5.93. The highest BCUT2D eigenvalue weighted by atomic mass is 16.5. The second-order valence-electron chi connectivity index (χ2n) is 11.2. The Morgan fingerprint density at radius 1 is 0.745 bits per heavy atom. The summed E-state index contributed by atoms with van der Waals surface area (Å²) in [6.07, 6.45) is 1.71. The van der Waals surface area contributed by atoms with Crippen molar-refractivity contribution in [2.75, 3.05) is 84.4 Å². The van der Waals surface area contributed by atoms with Gasteiger partial charge in [-0.05, 0) is 44.0 Å². The minimum absolute atomic E-state index is 0.00749. The molecule has 3 rings (SSSR count). The molecule has 1 aliphatic rings. The molecule has 0 spiro atoms. The Balaban J connectivity index is 1.54. The van der Waals surface area contributed by atoms with Crippen LogP contribution in [-0.2, 0) is 36.8 Å². The van der Waals surface area contributed by atoms with Crippen molar-refractivity contribution < 1.29 is 43.5 Å². The van der Waals surface area contributed by atoms with Gasteiger partial charge in [-0.2, -0.15) is 0 Å². The number of rotatable bonds is 11. The van der Waals surface area contributed by atoms with Crippen molar-refractivity contribution >= 4 is 23.5 Å². The SMILES string of the molecule is C=C(C)CCCC(=O)Nc1cc(CN2CCOCCOCCN(Cc3cccc(C(=O)O)n3)CCOCCOCC2)nc(C(=O)O)c1. The van der Waals surface area contributed by atoms with Crippen LogP contribution in [0.15, 0.2) is 42.5 Å². The lowest BCUT2D eigenvalue weighted by Crippen LogP contribution is -2.33. The molecule has 0 aromatic carbocycles. The van der Waals surface area contributed by atoms with Crippen LogP contribution >= 0.6 is 0 Å². The van der Waals surface area contributed by atoms with Crippen LogP contribution in [-0.4, -0.2) is 127 Å². The Hall–Kier alpha value is -3.79. The van der Waals surface area contributed by atoms with Gasteiger partial charge in [0.25, 0.3) is 0 Å². The summed E-state index contributed by atoms with van der Waals surface area (Å²) in [4.78, 5) is 48.2. The Morgan fingerprint density at radius 2 is 1.26 bits per heavy atom. The lowest BCUT2D eigenvalue weighted by atomic mass is 10.1. The van der Waals surface area contributed by atoms with E-state index in [0.717, 1.165) is 12.0 Å². The van der Waals surface area contributed by atoms with Crippen molar-refractivity contribution in [1.29, 1.82) is 0 Å².